The monoisotopic (exact) mass is 247 g/mol. The van der Waals surface area contributed by atoms with Crippen molar-refractivity contribution in [1.82, 2.24) is 9.55 Å². The minimum atomic E-state index is -0.261. The van der Waals surface area contributed by atoms with Crippen LogP contribution in [0.3, 0.4) is 0 Å². The van der Waals surface area contributed by atoms with Gasteiger partial charge in [0.15, 0.2) is 4.77 Å². The Bertz CT molecular complexity index is 616. The third kappa shape index (κ3) is 2.82. The highest BCUT2D eigenvalue weighted by Gasteiger charge is 2.00. The number of benzene rings is 1. The molecule has 0 radical (unpaired) electrons. The van der Waals surface area contributed by atoms with Gasteiger partial charge in [-0.15, -0.1) is 0 Å². The van der Waals surface area contributed by atoms with Crippen molar-refractivity contribution >= 4 is 18.0 Å². The van der Waals surface area contributed by atoms with Gasteiger partial charge in [0.25, 0.3) is 5.56 Å². The van der Waals surface area contributed by atoms with Gasteiger partial charge in [0.05, 0.1) is 0 Å². The van der Waals surface area contributed by atoms with Crippen LogP contribution in [0, 0.1) is 4.77 Å². The molecule has 0 saturated heterocycles. The van der Waals surface area contributed by atoms with Crippen molar-refractivity contribution in [3.63, 3.8) is 0 Å². The van der Waals surface area contributed by atoms with Gasteiger partial charge in [-0.3, -0.25) is 9.78 Å². The molecule has 4 nitrogen and oxygen atoms in total. The molecule has 1 aromatic heterocycles. The summed E-state index contributed by atoms with van der Waals surface area (Å²) in [7, 11) is 0. The first kappa shape index (κ1) is 11.6. The predicted molar refractivity (Wildman–Crippen MR) is 70.4 cm³/mol. The summed E-state index contributed by atoms with van der Waals surface area (Å²) in [5, 5.41) is 0. The van der Waals surface area contributed by atoms with Crippen LogP contribution in [0.4, 0.5) is 5.82 Å². The first-order valence-corrected chi connectivity index (χ1v) is 5.71. The van der Waals surface area contributed by atoms with Gasteiger partial charge in [0, 0.05) is 12.6 Å². The van der Waals surface area contributed by atoms with Gasteiger partial charge < -0.3 is 10.3 Å². The maximum Gasteiger partial charge on any atom is 0.253 e. The van der Waals surface area contributed by atoms with Crippen molar-refractivity contribution in [3.8, 4) is 0 Å². The van der Waals surface area contributed by atoms with Crippen molar-refractivity contribution < 1.29 is 0 Å². The van der Waals surface area contributed by atoms with Gasteiger partial charge >= 0.3 is 0 Å². The summed E-state index contributed by atoms with van der Waals surface area (Å²) in [6.07, 6.45) is 0.825. The van der Waals surface area contributed by atoms with Gasteiger partial charge in [-0.05, 0) is 24.2 Å². The third-order valence-electron chi connectivity index (χ3n) is 2.53. The Labute approximate surface area is 104 Å². The summed E-state index contributed by atoms with van der Waals surface area (Å²) >= 11 is 5.07. The number of anilines is 1. The van der Waals surface area contributed by atoms with Gasteiger partial charge in [-0.2, -0.15) is 0 Å². The molecular formula is C12H13N3OS. The molecule has 2 aromatic rings. The number of H-pyrrole nitrogens is 1. The van der Waals surface area contributed by atoms with E-state index in [2.05, 4.69) is 4.98 Å². The highest BCUT2D eigenvalue weighted by atomic mass is 32.1. The van der Waals surface area contributed by atoms with E-state index in [0.717, 1.165) is 6.42 Å². The van der Waals surface area contributed by atoms with Gasteiger partial charge in [-0.1, -0.05) is 30.3 Å². The van der Waals surface area contributed by atoms with Crippen LogP contribution in [0.1, 0.15) is 5.56 Å². The normalized spacial score (nSPS) is 10.4. The molecule has 0 atom stereocenters. The number of aromatic amines is 1. The molecule has 0 saturated carbocycles. The lowest BCUT2D eigenvalue weighted by Crippen LogP contribution is -2.17. The molecule has 5 heteroatoms. The van der Waals surface area contributed by atoms with E-state index in [4.69, 9.17) is 18.0 Å². The van der Waals surface area contributed by atoms with E-state index < -0.39 is 0 Å². The lowest BCUT2D eigenvalue weighted by molar-refractivity contribution is 0.672. The molecule has 0 unspecified atom stereocenters. The molecule has 0 fully saturated rings. The van der Waals surface area contributed by atoms with E-state index in [1.807, 2.05) is 30.3 Å². The highest BCUT2D eigenvalue weighted by molar-refractivity contribution is 7.71. The van der Waals surface area contributed by atoms with Crippen LogP contribution in [0.2, 0.25) is 0 Å². The molecule has 0 aliphatic heterocycles. The maximum atomic E-state index is 11.1. The molecule has 1 aromatic carbocycles. The summed E-state index contributed by atoms with van der Waals surface area (Å²) in [5.74, 6) is 0.398. The number of hydrogen-bond donors (Lipinski definition) is 2. The Morgan fingerprint density at radius 1 is 1.29 bits per heavy atom. The number of rotatable bonds is 3. The fourth-order valence-electron chi connectivity index (χ4n) is 1.65. The Hall–Kier alpha value is -1.88. The van der Waals surface area contributed by atoms with Crippen LogP contribution in [-0.4, -0.2) is 9.55 Å². The standard InChI is InChI=1S/C12H13N3OS/c13-10-8-11(16)14-12(17)15(10)7-6-9-4-2-1-3-5-9/h1-5,8H,6-7,13H2,(H,14,16,17). The number of aryl methyl sites for hydroxylation is 1. The van der Waals surface area contributed by atoms with Crippen LogP contribution in [0.25, 0.3) is 0 Å². The molecule has 0 amide bonds. The van der Waals surface area contributed by atoms with E-state index in [9.17, 15) is 4.79 Å². The summed E-state index contributed by atoms with van der Waals surface area (Å²) in [6, 6.07) is 11.4. The minimum absolute atomic E-state index is 0.261. The molecule has 0 aliphatic rings. The average Bonchev–Trinajstić information content (AvgIpc) is 2.29. The van der Waals surface area contributed by atoms with Crippen LogP contribution in [0.15, 0.2) is 41.2 Å². The number of hydrogen-bond acceptors (Lipinski definition) is 3. The Kier molecular flexibility index (Phi) is 3.39. The Morgan fingerprint density at radius 2 is 2.00 bits per heavy atom. The molecule has 2 rings (SSSR count). The quantitative estimate of drug-likeness (QED) is 0.812. The fraction of sp³-hybridized carbons (Fsp3) is 0.167. The number of nitrogens with two attached hydrogens (primary N) is 1. The maximum absolute atomic E-state index is 11.1. The zero-order chi connectivity index (χ0) is 12.3. The zero-order valence-electron chi connectivity index (χ0n) is 9.22. The van der Waals surface area contributed by atoms with Crippen molar-refractivity contribution in [2.75, 3.05) is 5.73 Å². The van der Waals surface area contributed by atoms with Crippen LogP contribution in [0.5, 0.6) is 0 Å². The second kappa shape index (κ2) is 4.97. The van der Waals surface area contributed by atoms with Crippen molar-refractivity contribution in [2.24, 2.45) is 0 Å². The van der Waals surface area contributed by atoms with Crippen LogP contribution >= 0.6 is 12.2 Å². The zero-order valence-corrected chi connectivity index (χ0v) is 10.0. The van der Waals surface area contributed by atoms with E-state index >= 15 is 0 Å². The molecule has 1 heterocycles. The Balaban J connectivity index is 2.21. The summed E-state index contributed by atoms with van der Waals surface area (Å²) < 4.78 is 2.09. The SMILES string of the molecule is Nc1cc(=O)[nH]c(=S)n1CCc1ccccc1. The topological polar surface area (TPSA) is 63.8 Å². The summed E-state index contributed by atoms with van der Waals surface area (Å²) in [6.45, 7) is 0.658. The van der Waals surface area contributed by atoms with Crippen LogP contribution in [-0.2, 0) is 13.0 Å². The second-order valence-corrected chi connectivity index (χ2v) is 4.14. The molecular weight excluding hydrogens is 234 g/mol. The van der Waals surface area contributed by atoms with Crippen molar-refractivity contribution in [2.45, 2.75) is 13.0 Å². The predicted octanol–water partition coefficient (Wildman–Crippen LogP) is 1.73. The molecule has 0 spiro atoms. The van der Waals surface area contributed by atoms with E-state index in [-0.39, 0.29) is 5.56 Å². The van der Waals surface area contributed by atoms with Crippen molar-refractivity contribution in [1.29, 1.82) is 0 Å². The molecule has 17 heavy (non-hydrogen) atoms. The van der Waals surface area contributed by atoms with E-state index in [1.165, 1.54) is 11.6 Å². The Morgan fingerprint density at radius 3 is 2.65 bits per heavy atom. The highest BCUT2D eigenvalue weighted by Crippen LogP contribution is 2.05. The largest absolute Gasteiger partial charge is 0.385 e. The number of aromatic nitrogens is 2. The first-order chi connectivity index (χ1) is 8.16. The lowest BCUT2D eigenvalue weighted by atomic mass is 10.1. The van der Waals surface area contributed by atoms with Gasteiger partial charge in [0.2, 0.25) is 0 Å². The van der Waals surface area contributed by atoms with E-state index in [1.54, 1.807) is 4.57 Å². The summed E-state index contributed by atoms with van der Waals surface area (Å²) in [5.41, 5.74) is 6.71. The smallest absolute Gasteiger partial charge is 0.253 e. The van der Waals surface area contributed by atoms with E-state index in [0.29, 0.717) is 17.1 Å². The average molecular weight is 247 g/mol. The third-order valence-corrected chi connectivity index (χ3v) is 2.86. The molecule has 0 aliphatic carbocycles. The number of nitrogens with one attached hydrogen (secondary N) is 1. The molecule has 88 valence electrons. The lowest BCUT2D eigenvalue weighted by Gasteiger charge is -2.09. The molecule has 0 bridgehead atoms. The van der Waals surface area contributed by atoms with Gasteiger partial charge in [0.1, 0.15) is 5.82 Å². The second-order valence-electron chi connectivity index (χ2n) is 3.75. The van der Waals surface area contributed by atoms with Crippen LogP contribution < -0.4 is 11.3 Å². The minimum Gasteiger partial charge on any atom is -0.385 e. The number of nitrogen functional groups attached to an aromatic ring is 1. The van der Waals surface area contributed by atoms with Crippen molar-refractivity contribution in [3.05, 3.63) is 57.1 Å². The number of nitrogens with zero attached hydrogens (tertiary/aromatic N) is 1. The van der Waals surface area contributed by atoms with Gasteiger partial charge in [-0.25, -0.2) is 0 Å². The molecule has 3 N–H and O–H groups in total. The fourth-order valence-corrected chi connectivity index (χ4v) is 1.95. The summed E-state index contributed by atoms with van der Waals surface area (Å²) in [4.78, 5) is 13.7. The first-order valence-electron chi connectivity index (χ1n) is 5.30.